The number of benzene rings is 1. The zero-order valence-electron chi connectivity index (χ0n) is 9.97. The predicted molar refractivity (Wildman–Crippen MR) is 61.0 cm³/mol. The minimum Gasteiger partial charge on any atom is -0.370 e. The molecule has 2 rings (SSSR count). The lowest BCUT2D eigenvalue weighted by Crippen LogP contribution is -2.38. The molecule has 1 unspecified atom stereocenters. The monoisotopic (exact) mass is 280 g/mol. The maximum absolute atomic E-state index is 13.1. The third-order valence-electron chi connectivity index (χ3n) is 3.12. The van der Waals surface area contributed by atoms with Gasteiger partial charge in [0.2, 0.25) is 0 Å². The van der Waals surface area contributed by atoms with Gasteiger partial charge in [-0.3, -0.25) is 0 Å². The minimum atomic E-state index is -4.31. The van der Waals surface area contributed by atoms with Crippen LogP contribution in [0.25, 0.3) is 0 Å². The van der Waals surface area contributed by atoms with Crippen LogP contribution < -0.4 is 10.2 Å². The topological polar surface area (TPSA) is 15.3 Å². The van der Waals surface area contributed by atoms with E-state index >= 15 is 0 Å². The second kappa shape index (κ2) is 5.32. The van der Waals surface area contributed by atoms with Crippen LogP contribution in [0.4, 0.5) is 27.6 Å². The molecule has 0 bridgehead atoms. The van der Waals surface area contributed by atoms with Crippen LogP contribution in [0, 0.1) is 17.6 Å². The highest BCUT2D eigenvalue weighted by Crippen LogP contribution is 2.29. The van der Waals surface area contributed by atoms with E-state index in [9.17, 15) is 22.0 Å². The van der Waals surface area contributed by atoms with Gasteiger partial charge in [0.1, 0.15) is 0 Å². The summed E-state index contributed by atoms with van der Waals surface area (Å²) in [4.78, 5) is 1.42. The number of anilines is 1. The molecule has 1 N–H and O–H groups in total. The van der Waals surface area contributed by atoms with Gasteiger partial charge in [-0.2, -0.15) is 13.2 Å². The molecule has 1 atom stereocenters. The van der Waals surface area contributed by atoms with Crippen molar-refractivity contribution in [3.8, 4) is 0 Å². The maximum atomic E-state index is 13.1. The van der Waals surface area contributed by atoms with Gasteiger partial charge in [-0.15, -0.1) is 0 Å². The van der Waals surface area contributed by atoms with Gasteiger partial charge in [0.25, 0.3) is 0 Å². The molecule has 1 saturated heterocycles. The van der Waals surface area contributed by atoms with E-state index in [2.05, 4.69) is 5.32 Å². The second-order valence-corrected chi connectivity index (χ2v) is 4.49. The summed E-state index contributed by atoms with van der Waals surface area (Å²) in [6.07, 6.45) is -4.31. The number of nitrogens with one attached hydrogen (secondary N) is 1. The van der Waals surface area contributed by atoms with E-state index in [4.69, 9.17) is 0 Å². The third kappa shape index (κ3) is 3.34. The average Bonchev–Trinajstić information content (AvgIpc) is 2.58. The molecule has 106 valence electrons. The summed E-state index contributed by atoms with van der Waals surface area (Å²) in [6, 6.07) is 3.14. The van der Waals surface area contributed by atoms with Gasteiger partial charge in [0.05, 0.1) is 5.92 Å². The molecule has 19 heavy (non-hydrogen) atoms. The first-order chi connectivity index (χ1) is 8.88. The van der Waals surface area contributed by atoms with E-state index < -0.39 is 23.7 Å². The molecule has 1 aromatic rings. The van der Waals surface area contributed by atoms with E-state index in [0.29, 0.717) is 13.1 Å². The Morgan fingerprint density at radius 3 is 2.53 bits per heavy atom. The van der Waals surface area contributed by atoms with Crippen LogP contribution in [0.2, 0.25) is 0 Å². The Kier molecular flexibility index (Phi) is 3.93. The van der Waals surface area contributed by atoms with E-state index in [1.807, 2.05) is 0 Å². The van der Waals surface area contributed by atoms with Crippen molar-refractivity contribution in [2.45, 2.75) is 6.18 Å². The highest BCUT2D eigenvalue weighted by atomic mass is 19.4. The van der Waals surface area contributed by atoms with Crippen molar-refractivity contribution < 1.29 is 22.0 Å². The SMILES string of the molecule is Fc1ccc(N2CCNCC(C(F)(F)F)C2)cc1F. The van der Waals surface area contributed by atoms with Crippen molar-refractivity contribution in [3.05, 3.63) is 29.8 Å². The van der Waals surface area contributed by atoms with Crippen LogP contribution in [-0.2, 0) is 0 Å². The van der Waals surface area contributed by atoms with Gasteiger partial charge in [-0.25, -0.2) is 8.78 Å². The summed E-state index contributed by atoms with van der Waals surface area (Å²) in [7, 11) is 0. The molecule has 0 radical (unpaired) electrons. The molecule has 0 spiro atoms. The molecule has 1 aliphatic heterocycles. The number of alkyl halides is 3. The Morgan fingerprint density at radius 2 is 1.89 bits per heavy atom. The number of halogens is 5. The Bertz CT molecular complexity index is 446. The summed E-state index contributed by atoms with van der Waals surface area (Å²) < 4.78 is 64.2. The molecule has 7 heteroatoms. The minimum absolute atomic E-state index is 0.163. The summed E-state index contributed by atoms with van der Waals surface area (Å²) in [5, 5.41) is 2.70. The second-order valence-electron chi connectivity index (χ2n) is 4.49. The van der Waals surface area contributed by atoms with E-state index in [-0.39, 0.29) is 18.8 Å². The van der Waals surface area contributed by atoms with Crippen molar-refractivity contribution in [1.82, 2.24) is 5.32 Å². The highest BCUT2D eigenvalue weighted by molar-refractivity contribution is 5.47. The Balaban J connectivity index is 2.20. The molecule has 1 aromatic carbocycles. The van der Waals surface area contributed by atoms with Crippen molar-refractivity contribution in [2.24, 2.45) is 5.92 Å². The molecule has 1 aliphatic rings. The van der Waals surface area contributed by atoms with E-state index in [1.165, 1.54) is 11.0 Å². The van der Waals surface area contributed by atoms with Crippen molar-refractivity contribution >= 4 is 5.69 Å². The van der Waals surface area contributed by atoms with Crippen LogP contribution in [0.3, 0.4) is 0 Å². The molecule has 1 fully saturated rings. The lowest BCUT2D eigenvalue weighted by atomic mass is 10.1. The Hall–Kier alpha value is -1.37. The van der Waals surface area contributed by atoms with Gasteiger partial charge in [-0.05, 0) is 12.1 Å². The summed E-state index contributed by atoms with van der Waals surface area (Å²) in [5.74, 6) is -3.59. The van der Waals surface area contributed by atoms with Crippen LogP contribution in [0.15, 0.2) is 18.2 Å². The molecular weight excluding hydrogens is 267 g/mol. The molecule has 1 heterocycles. The van der Waals surface area contributed by atoms with Crippen LogP contribution in [-0.4, -0.2) is 32.4 Å². The van der Waals surface area contributed by atoms with Crippen molar-refractivity contribution in [2.75, 3.05) is 31.1 Å². The fourth-order valence-corrected chi connectivity index (χ4v) is 2.05. The molecule has 0 saturated carbocycles. The summed E-state index contributed by atoms with van der Waals surface area (Å²) in [6.45, 7) is 0.258. The van der Waals surface area contributed by atoms with Crippen LogP contribution in [0.5, 0.6) is 0 Å². The lowest BCUT2D eigenvalue weighted by molar-refractivity contribution is -0.169. The number of hydrogen-bond acceptors (Lipinski definition) is 2. The first-order valence-electron chi connectivity index (χ1n) is 5.85. The van der Waals surface area contributed by atoms with Gasteiger partial charge in [0, 0.05) is 37.9 Å². The zero-order valence-corrected chi connectivity index (χ0v) is 9.97. The summed E-state index contributed by atoms with van der Waals surface area (Å²) in [5.41, 5.74) is 0.261. The number of rotatable bonds is 1. The fraction of sp³-hybridized carbons (Fsp3) is 0.500. The number of nitrogens with zero attached hydrogens (tertiary/aromatic N) is 1. The normalized spacial score (nSPS) is 21.3. The van der Waals surface area contributed by atoms with Crippen molar-refractivity contribution in [3.63, 3.8) is 0 Å². The maximum Gasteiger partial charge on any atom is 0.394 e. The van der Waals surface area contributed by atoms with E-state index in [1.54, 1.807) is 0 Å². The molecule has 2 nitrogen and oxygen atoms in total. The first-order valence-corrected chi connectivity index (χ1v) is 5.85. The molecule has 0 amide bonds. The van der Waals surface area contributed by atoms with Crippen LogP contribution in [0.1, 0.15) is 0 Å². The molecular formula is C12H13F5N2. The predicted octanol–water partition coefficient (Wildman–Crippen LogP) is 2.55. The number of hydrogen-bond donors (Lipinski definition) is 1. The largest absolute Gasteiger partial charge is 0.394 e. The van der Waals surface area contributed by atoms with E-state index in [0.717, 1.165) is 12.1 Å². The highest BCUT2D eigenvalue weighted by Gasteiger charge is 2.41. The smallest absolute Gasteiger partial charge is 0.370 e. The Labute approximate surface area is 107 Å². The van der Waals surface area contributed by atoms with Gasteiger partial charge in [0.15, 0.2) is 11.6 Å². The standard InChI is InChI=1S/C12H13F5N2/c13-10-2-1-9(5-11(10)14)19-4-3-18-6-8(7-19)12(15,16)17/h1-2,5,8,18H,3-4,6-7H2. The summed E-state index contributed by atoms with van der Waals surface area (Å²) >= 11 is 0. The van der Waals surface area contributed by atoms with Crippen molar-refractivity contribution in [1.29, 1.82) is 0 Å². The molecule has 0 aliphatic carbocycles. The average molecular weight is 280 g/mol. The fourth-order valence-electron chi connectivity index (χ4n) is 2.05. The van der Waals surface area contributed by atoms with Gasteiger partial charge >= 0.3 is 6.18 Å². The zero-order chi connectivity index (χ0) is 14.0. The third-order valence-corrected chi connectivity index (χ3v) is 3.12. The lowest BCUT2D eigenvalue weighted by Gasteiger charge is -2.27. The Morgan fingerprint density at radius 1 is 1.16 bits per heavy atom. The van der Waals surface area contributed by atoms with Gasteiger partial charge < -0.3 is 10.2 Å². The van der Waals surface area contributed by atoms with Gasteiger partial charge in [-0.1, -0.05) is 0 Å². The quantitative estimate of drug-likeness (QED) is 0.795. The van der Waals surface area contributed by atoms with Crippen LogP contribution >= 0.6 is 0 Å². The molecule has 0 aromatic heterocycles. The first kappa shape index (κ1) is 14.0.